The molecule has 0 fully saturated rings. The summed E-state index contributed by atoms with van der Waals surface area (Å²) in [6.45, 7) is 0. The van der Waals surface area contributed by atoms with Crippen LogP contribution in [0.15, 0.2) is 91.0 Å². The minimum absolute atomic E-state index is 0.721. The van der Waals surface area contributed by atoms with Gasteiger partial charge in [0, 0.05) is 5.02 Å². The first-order valence-corrected chi connectivity index (χ1v) is 10.5. The summed E-state index contributed by atoms with van der Waals surface area (Å²) in [7, 11) is 3.37. The molecule has 0 aliphatic heterocycles. The van der Waals surface area contributed by atoms with Crippen LogP contribution in [0.2, 0.25) is 5.02 Å². The van der Waals surface area contributed by atoms with Gasteiger partial charge < -0.3 is 9.47 Å². The molecule has 0 heterocycles. The van der Waals surface area contributed by atoms with E-state index < -0.39 is 0 Å². The van der Waals surface area contributed by atoms with Crippen molar-refractivity contribution in [2.45, 2.75) is 0 Å². The summed E-state index contributed by atoms with van der Waals surface area (Å²) in [6.07, 6.45) is 0. The molecular weight excluding hydrogens is 404 g/mol. The third-order valence-corrected chi connectivity index (χ3v) is 5.98. The molecular formula is C28H21ClO2. The van der Waals surface area contributed by atoms with Crippen molar-refractivity contribution < 1.29 is 9.47 Å². The van der Waals surface area contributed by atoms with E-state index in [1.54, 1.807) is 14.2 Å². The maximum Gasteiger partial charge on any atom is 0.118 e. The van der Waals surface area contributed by atoms with E-state index in [0.29, 0.717) is 0 Å². The molecule has 5 rings (SSSR count). The van der Waals surface area contributed by atoms with Gasteiger partial charge in [-0.3, -0.25) is 0 Å². The molecule has 2 nitrogen and oxygen atoms in total. The van der Waals surface area contributed by atoms with Crippen molar-refractivity contribution in [1.29, 1.82) is 0 Å². The predicted octanol–water partition coefficient (Wildman–Crippen LogP) is 8.00. The fraction of sp³-hybridized carbons (Fsp3) is 0.0714. The van der Waals surface area contributed by atoms with Crippen LogP contribution in [-0.4, -0.2) is 14.2 Å². The predicted molar refractivity (Wildman–Crippen MR) is 130 cm³/mol. The number of methoxy groups -OCH3 is 2. The van der Waals surface area contributed by atoms with Gasteiger partial charge >= 0.3 is 0 Å². The van der Waals surface area contributed by atoms with Crippen LogP contribution in [0.1, 0.15) is 0 Å². The maximum absolute atomic E-state index is 6.48. The minimum atomic E-state index is 0.721. The Kier molecular flexibility index (Phi) is 5.01. The van der Waals surface area contributed by atoms with E-state index >= 15 is 0 Å². The van der Waals surface area contributed by atoms with E-state index in [4.69, 9.17) is 21.1 Å². The largest absolute Gasteiger partial charge is 0.497 e. The SMILES string of the molecule is COc1ccc(-c2c3ccccc3c(-c3ccc(OC)cc3)c3cc(Cl)ccc23)cc1. The van der Waals surface area contributed by atoms with Gasteiger partial charge in [0.25, 0.3) is 0 Å². The van der Waals surface area contributed by atoms with Gasteiger partial charge in [-0.05, 0) is 80.2 Å². The Labute approximate surface area is 186 Å². The highest BCUT2D eigenvalue weighted by atomic mass is 35.5. The van der Waals surface area contributed by atoms with Gasteiger partial charge in [0.05, 0.1) is 14.2 Å². The van der Waals surface area contributed by atoms with Gasteiger partial charge in [0.1, 0.15) is 11.5 Å². The van der Waals surface area contributed by atoms with Crippen molar-refractivity contribution >= 4 is 33.1 Å². The summed E-state index contributed by atoms with van der Waals surface area (Å²) in [5.41, 5.74) is 4.64. The quantitative estimate of drug-likeness (QED) is 0.272. The third-order valence-electron chi connectivity index (χ3n) is 5.74. The van der Waals surface area contributed by atoms with Crippen LogP contribution in [-0.2, 0) is 0 Å². The summed E-state index contributed by atoms with van der Waals surface area (Å²) >= 11 is 6.48. The van der Waals surface area contributed by atoms with Crippen LogP contribution in [0.3, 0.4) is 0 Å². The highest BCUT2D eigenvalue weighted by Gasteiger charge is 2.17. The molecule has 0 unspecified atom stereocenters. The number of halogens is 1. The molecule has 0 aliphatic carbocycles. The second-order valence-corrected chi connectivity index (χ2v) is 7.88. The van der Waals surface area contributed by atoms with E-state index in [9.17, 15) is 0 Å². The molecule has 3 heteroatoms. The lowest BCUT2D eigenvalue weighted by atomic mass is 9.86. The van der Waals surface area contributed by atoms with Gasteiger partial charge in [-0.15, -0.1) is 0 Å². The molecule has 152 valence electrons. The van der Waals surface area contributed by atoms with E-state index in [1.165, 1.54) is 27.3 Å². The van der Waals surface area contributed by atoms with Crippen LogP contribution >= 0.6 is 11.6 Å². The normalized spacial score (nSPS) is 11.1. The second kappa shape index (κ2) is 7.98. The Morgan fingerprint density at radius 1 is 0.516 bits per heavy atom. The molecule has 0 amide bonds. The molecule has 5 aromatic rings. The lowest BCUT2D eigenvalue weighted by Crippen LogP contribution is -1.91. The lowest BCUT2D eigenvalue weighted by molar-refractivity contribution is 0.415. The van der Waals surface area contributed by atoms with Crippen molar-refractivity contribution in [3.05, 3.63) is 96.0 Å². The number of ether oxygens (including phenoxy) is 2. The first kappa shape index (κ1) is 19.5. The van der Waals surface area contributed by atoms with Gasteiger partial charge in [0.15, 0.2) is 0 Å². The number of rotatable bonds is 4. The van der Waals surface area contributed by atoms with Gasteiger partial charge in [0.2, 0.25) is 0 Å². The van der Waals surface area contributed by atoms with E-state index in [2.05, 4.69) is 60.7 Å². The average molecular weight is 425 g/mol. The summed E-state index contributed by atoms with van der Waals surface area (Å²) < 4.78 is 10.7. The van der Waals surface area contributed by atoms with E-state index in [1.807, 2.05) is 30.3 Å². The van der Waals surface area contributed by atoms with Gasteiger partial charge in [-0.25, -0.2) is 0 Å². The smallest absolute Gasteiger partial charge is 0.118 e. The number of benzene rings is 5. The monoisotopic (exact) mass is 424 g/mol. The first-order valence-electron chi connectivity index (χ1n) is 10.1. The lowest BCUT2D eigenvalue weighted by Gasteiger charge is -2.18. The fourth-order valence-corrected chi connectivity index (χ4v) is 4.46. The number of hydrogen-bond donors (Lipinski definition) is 0. The molecule has 0 bridgehead atoms. The third kappa shape index (κ3) is 3.39. The van der Waals surface area contributed by atoms with Crippen LogP contribution < -0.4 is 9.47 Å². The minimum Gasteiger partial charge on any atom is -0.497 e. The van der Waals surface area contributed by atoms with Crippen molar-refractivity contribution in [2.24, 2.45) is 0 Å². The zero-order valence-electron chi connectivity index (χ0n) is 17.4. The summed E-state index contributed by atoms with van der Waals surface area (Å²) in [5.74, 6) is 1.68. The molecule has 0 N–H and O–H groups in total. The van der Waals surface area contributed by atoms with Crippen molar-refractivity contribution in [2.75, 3.05) is 14.2 Å². The van der Waals surface area contributed by atoms with Crippen LogP contribution in [0, 0.1) is 0 Å². The molecule has 0 aromatic heterocycles. The Morgan fingerprint density at radius 3 is 1.45 bits per heavy atom. The summed E-state index contributed by atoms with van der Waals surface area (Å²) in [5, 5.41) is 5.40. The molecule has 0 saturated heterocycles. The van der Waals surface area contributed by atoms with Crippen LogP contribution in [0.25, 0.3) is 43.8 Å². The highest BCUT2D eigenvalue weighted by Crippen LogP contribution is 2.44. The van der Waals surface area contributed by atoms with Gasteiger partial charge in [-0.1, -0.05) is 66.2 Å². The van der Waals surface area contributed by atoms with E-state index in [0.717, 1.165) is 33.0 Å². The maximum atomic E-state index is 6.48. The second-order valence-electron chi connectivity index (χ2n) is 7.44. The van der Waals surface area contributed by atoms with Gasteiger partial charge in [-0.2, -0.15) is 0 Å². The number of fused-ring (bicyclic) bond motifs is 2. The van der Waals surface area contributed by atoms with Crippen molar-refractivity contribution in [3.8, 4) is 33.8 Å². The molecule has 5 aromatic carbocycles. The number of hydrogen-bond acceptors (Lipinski definition) is 2. The van der Waals surface area contributed by atoms with Crippen LogP contribution in [0.4, 0.5) is 0 Å². The Morgan fingerprint density at radius 2 is 0.968 bits per heavy atom. The average Bonchev–Trinajstić information content (AvgIpc) is 2.83. The van der Waals surface area contributed by atoms with Crippen molar-refractivity contribution in [1.82, 2.24) is 0 Å². The fourth-order valence-electron chi connectivity index (χ4n) is 4.29. The van der Waals surface area contributed by atoms with Crippen molar-refractivity contribution in [3.63, 3.8) is 0 Å². The summed E-state index contributed by atoms with van der Waals surface area (Å²) in [4.78, 5) is 0. The highest BCUT2D eigenvalue weighted by molar-refractivity contribution is 6.32. The molecule has 31 heavy (non-hydrogen) atoms. The standard InChI is InChI=1S/C28H21ClO2/c1-30-21-12-7-18(8-13-21)27-23-5-3-4-6-24(23)28(19-9-14-22(31-2)15-10-19)26-17-20(29)11-16-25(26)27/h3-17H,1-2H3. The summed E-state index contributed by atoms with van der Waals surface area (Å²) in [6, 6.07) is 31.1. The Bertz CT molecular complexity index is 1390. The molecule has 0 aliphatic rings. The molecule has 0 spiro atoms. The molecule has 0 saturated carbocycles. The molecule has 0 radical (unpaired) electrons. The first-order chi connectivity index (χ1) is 15.2. The zero-order valence-corrected chi connectivity index (χ0v) is 18.1. The van der Waals surface area contributed by atoms with Crippen LogP contribution in [0.5, 0.6) is 11.5 Å². The van der Waals surface area contributed by atoms with E-state index in [-0.39, 0.29) is 0 Å². The topological polar surface area (TPSA) is 18.5 Å². The Hall–Kier alpha value is -3.49. The zero-order chi connectivity index (χ0) is 21.4. The molecule has 0 atom stereocenters. The Balaban J connectivity index is 1.90.